The van der Waals surface area contributed by atoms with Gasteiger partial charge in [-0.05, 0) is 34.9 Å². The molecule has 2 aliphatic rings. The van der Waals surface area contributed by atoms with Crippen LogP contribution in [0.1, 0.15) is 12.0 Å². The second-order valence-corrected chi connectivity index (χ2v) is 8.26. The third-order valence-electron chi connectivity index (χ3n) is 5.60. The zero-order chi connectivity index (χ0) is 21.8. The van der Waals surface area contributed by atoms with Crippen LogP contribution in [-0.4, -0.2) is 47.2 Å². The highest BCUT2D eigenvalue weighted by Crippen LogP contribution is 2.38. The van der Waals surface area contributed by atoms with Gasteiger partial charge in [0.15, 0.2) is 0 Å². The number of ether oxygens (including phenoxy) is 1. The fourth-order valence-electron chi connectivity index (χ4n) is 3.80. The van der Waals surface area contributed by atoms with Crippen molar-refractivity contribution < 1.29 is 9.13 Å². The van der Waals surface area contributed by atoms with E-state index in [0.29, 0.717) is 12.8 Å². The van der Waals surface area contributed by atoms with Crippen LogP contribution < -0.4 is 16.3 Å². The average molecular weight is 482 g/mol. The summed E-state index contributed by atoms with van der Waals surface area (Å²) in [6.07, 6.45) is 7.81. The number of rotatable bonds is 6. The molecule has 172 valence electrons. The first-order valence-corrected chi connectivity index (χ1v) is 10.6. The second kappa shape index (κ2) is 10.5. The number of morpholine rings is 1. The lowest BCUT2D eigenvalue weighted by atomic mass is 9.93. The van der Waals surface area contributed by atoms with Gasteiger partial charge in [-0.1, -0.05) is 35.9 Å². The lowest BCUT2D eigenvalue weighted by Crippen LogP contribution is -2.37. The number of hydrogen-bond donors (Lipinski definition) is 1. The molecule has 0 amide bonds. The van der Waals surface area contributed by atoms with Crippen LogP contribution in [0.15, 0.2) is 65.5 Å². The molecule has 1 atom stereocenters. The highest BCUT2D eigenvalue weighted by atomic mass is 35.5. The van der Waals surface area contributed by atoms with Crippen molar-refractivity contribution in [2.45, 2.75) is 18.0 Å². The summed E-state index contributed by atoms with van der Waals surface area (Å²) in [6.45, 7) is 3.24. The molecule has 1 fully saturated rings. The van der Waals surface area contributed by atoms with E-state index >= 15 is 0 Å². The molecule has 1 saturated heterocycles. The predicted octanol–water partition coefficient (Wildman–Crippen LogP) is 3.05. The van der Waals surface area contributed by atoms with Gasteiger partial charge in [0.2, 0.25) is 0 Å². The first kappa shape index (κ1) is 24.3. The third kappa shape index (κ3) is 4.99. The molecule has 1 aromatic heterocycles. The topological polar surface area (TPSA) is 78.3 Å². The minimum Gasteiger partial charge on any atom is -0.378 e. The Kier molecular flexibility index (Phi) is 7.95. The van der Waals surface area contributed by atoms with Crippen LogP contribution in [0.4, 0.5) is 10.1 Å². The van der Waals surface area contributed by atoms with E-state index in [4.69, 9.17) is 22.1 Å². The zero-order valence-corrected chi connectivity index (χ0v) is 19.1. The molecule has 10 heteroatoms. The molecule has 0 spiro atoms. The van der Waals surface area contributed by atoms with E-state index in [1.54, 1.807) is 6.08 Å². The minimum absolute atomic E-state index is 0. The Morgan fingerprint density at radius 3 is 2.66 bits per heavy atom. The van der Waals surface area contributed by atoms with E-state index < -0.39 is 10.7 Å². The number of anilines is 1. The summed E-state index contributed by atoms with van der Waals surface area (Å²) in [7, 11) is 0. The molecule has 2 heterocycles. The van der Waals surface area contributed by atoms with E-state index in [9.17, 15) is 9.18 Å². The number of nitrogens with zero attached hydrogens (tertiary/aromatic N) is 4. The largest absolute Gasteiger partial charge is 0.378 e. The van der Waals surface area contributed by atoms with Crippen LogP contribution in [0.5, 0.6) is 0 Å². The fraction of sp³-hybridized carbons (Fsp3) is 0.364. The van der Waals surface area contributed by atoms with Gasteiger partial charge in [0, 0.05) is 31.7 Å². The smallest absolute Gasteiger partial charge is 0.347 e. The van der Waals surface area contributed by atoms with Gasteiger partial charge in [0.05, 0.1) is 26.1 Å². The van der Waals surface area contributed by atoms with Gasteiger partial charge in [-0.15, -0.1) is 12.4 Å². The van der Waals surface area contributed by atoms with E-state index in [1.165, 1.54) is 10.9 Å². The normalized spacial score (nSPS) is 21.3. The number of halogens is 3. The maximum atomic E-state index is 12.9. The van der Waals surface area contributed by atoms with Crippen molar-refractivity contribution in [1.29, 1.82) is 0 Å². The molecule has 0 saturated carbocycles. The van der Waals surface area contributed by atoms with Gasteiger partial charge in [0.25, 0.3) is 0 Å². The Morgan fingerprint density at radius 2 is 2.00 bits per heavy atom. The molecular formula is C22H26Cl2FN5O2. The Labute approximate surface area is 197 Å². The molecule has 1 aliphatic carbocycles. The molecule has 1 unspecified atom stereocenters. The summed E-state index contributed by atoms with van der Waals surface area (Å²) in [6, 6.07) is 8.33. The van der Waals surface area contributed by atoms with Gasteiger partial charge >= 0.3 is 5.69 Å². The molecule has 0 radical (unpaired) electrons. The number of aromatic nitrogens is 3. The first-order chi connectivity index (χ1) is 15.0. The van der Waals surface area contributed by atoms with E-state index in [2.05, 4.69) is 34.3 Å². The van der Waals surface area contributed by atoms with Crippen LogP contribution in [0, 0.1) is 0 Å². The molecule has 2 aromatic rings. The maximum absolute atomic E-state index is 12.9. The zero-order valence-electron chi connectivity index (χ0n) is 17.5. The highest BCUT2D eigenvalue weighted by molar-refractivity contribution is 6.24. The number of hydrogen-bond acceptors (Lipinski definition) is 5. The fourth-order valence-corrected chi connectivity index (χ4v) is 4.14. The Morgan fingerprint density at radius 1 is 1.28 bits per heavy atom. The first-order valence-electron chi connectivity index (χ1n) is 10.2. The predicted molar refractivity (Wildman–Crippen MR) is 127 cm³/mol. The van der Waals surface area contributed by atoms with E-state index in [1.807, 2.05) is 12.2 Å². The van der Waals surface area contributed by atoms with E-state index in [0.717, 1.165) is 47.8 Å². The number of allylic oxidation sites excluding steroid dienone is 4. The average Bonchev–Trinajstić information content (AvgIpc) is 3.19. The Hall–Kier alpha value is -2.39. The van der Waals surface area contributed by atoms with Crippen molar-refractivity contribution in [3.63, 3.8) is 0 Å². The Balaban J connectivity index is 0.00000289. The van der Waals surface area contributed by atoms with E-state index in [-0.39, 0.29) is 31.1 Å². The summed E-state index contributed by atoms with van der Waals surface area (Å²) in [4.78, 5) is 14.0. The summed E-state index contributed by atoms with van der Waals surface area (Å²) in [5.41, 5.74) is 8.55. The summed E-state index contributed by atoms with van der Waals surface area (Å²) < 4.78 is 20.8. The SMILES string of the molecule is Cl.NC/C(=C\F)Cn1ncn(C2(Cl)C=CC=C(c3ccc(N4CCOCC4)cc3)C2)c1=O. The maximum Gasteiger partial charge on any atom is 0.347 e. The summed E-state index contributed by atoms with van der Waals surface area (Å²) in [5, 5.41) is 4.08. The number of nitrogens with two attached hydrogens (primary N) is 1. The van der Waals surface area contributed by atoms with Crippen molar-refractivity contribution in [3.8, 4) is 0 Å². The van der Waals surface area contributed by atoms with Crippen molar-refractivity contribution in [1.82, 2.24) is 14.3 Å². The van der Waals surface area contributed by atoms with Gasteiger partial charge < -0.3 is 15.4 Å². The van der Waals surface area contributed by atoms with Crippen molar-refractivity contribution in [2.24, 2.45) is 5.73 Å². The second-order valence-electron chi connectivity index (χ2n) is 7.61. The van der Waals surface area contributed by atoms with Crippen LogP contribution in [0.2, 0.25) is 0 Å². The molecule has 2 N–H and O–H groups in total. The van der Waals surface area contributed by atoms with Gasteiger partial charge in [-0.2, -0.15) is 5.10 Å². The molecule has 32 heavy (non-hydrogen) atoms. The minimum atomic E-state index is -1.09. The quantitative estimate of drug-likeness (QED) is 0.641. The number of alkyl halides is 1. The van der Waals surface area contributed by atoms with Gasteiger partial charge in [-0.3, -0.25) is 4.57 Å². The summed E-state index contributed by atoms with van der Waals surface area (Å²) >= 11 is 6.87. The molecule has 1 aliphatic heterocycles. The molecule has 0 bridgehead atoms. The van der Waals surface area contributed by atoms with Crippen LogP contribution in [0.3, 0.4) is 0 Å². The molecule has 7 nitrogen and oxygen atoms in total. The van der Waals surface area contributed by atoms with Crippen LogP contribution in [-0.2, 0) is 16.3 Å². The molecule has 1 aromatic carbocycles. The van der Waals surface area contributed by atoms with Gasteiger partial charge in [0.1, 0.15) is 11.3 Å². The van der Waals surface area contributed by atoms with Crippen molar-refractivity contribution >= 4 is 35.3 Å². The lowest BCUT2D eigenvalue weighted by molar-refractivity contribution is 0.122. The van der Waals surface area contributed by atoms with Crippen molar-refractivity contribution in [3.05, 3.63) is 76.8 Å². The van der Waals surface area contributed by atoms with Crippen LogP contribution in [0.25, 0.3) is 5.57 Å². The Bertz CT molecular complexity index is 1070. The van der Waals surface area contributed by atoms with Gasteiger partial charge in [-0.25, -0.2) is 13.9 Å². The molecule has 4 rings (SSSR count). The standard InChI is InChI=1S/C22H25ClFN5O2.ClH/c23-22(28-16-26-29(21(28)30)15-17(13-24)14-25)7-1-2-19(12-22)18-3-5-20(6-4-18)27-8-10-31-11-9-27;/h1-7,13,16H,8-12,14-15,25H2;1H/b17-13+;. The summed E-state index contributed by atoms with van der Waals surface area (Å²) in [5.74, 6) is 0. The number of benzene rings is 1. The monoisotopic (exact) mass is 481 g/mol. The van der Waals surface area contributed by atoms with Crippen LogP contribution >= 0.6 is 24.0 Å². The lowest BCUT2D eigenvalue weighted by Gasteiger charge is -2.30. The highest BCUT2D eigenvalue weighted by Gasteiger charge is 2.32. The third-order valence-corrected chi connectivity index (χ3v) is 6.05. The molecular weight excluding hydrogens is 456 g/mol. The van der Waals surface area contributed by atoms with Crippen molar-refractivity contribution in [2.75, 3.05) is 37.7 Å².